The fourth-order valence-corrected chi connectivity index (χ4v) is 2.75. The first kappa shape index (κ1) is 16.2. The Hall–Kier alpha value is -2.15. The minimum atomic E-state index is -0.480. The molecule has 2 amide bonds. The largest absolute Gasteiger partial charge is 0.375 e. The molecule has 7 nitrogen and oxygen atoms in total. The standard InChI is InChI=1S/C15H21N4O3/c1-18(14(20)10-22-2)11-6-8-19(12(9-11)15(16)21)13-5-3-4-7-17-13/h3,5,7,11-12H,6,8-10H2,1-2H3,(H2,16,21). The number of carbonyl (C=O) groups excluding carboxylic acids is 2. The number of hydrogen-bond donors (Lipinski definition) is 1. The van der Waals surface area contributed by atoms with Gasteiger partial charge in [0.1, 0.15) is 18.5 Å². The molecule has 1 aromatic rings. The first-order valence-electron chi connectivity index (χ1n) is 7.17. The van der Waals surface area contributed by atoms with Crippen LogP contribution >= 0.6 is 0 Å². The molecule has 0 saturated carbocycles. The van der Waals surface area contributed by atoms with Gasteiger partial charge in [-0.1, -0.05) is 0 Å². The lowest BCUT2D eigenvalue weighted by Gasteiger charge is -2.41. The van der Waals surface area contributed by atoms with Crippen molar-refractivity contribution in [2.75, 3.05) is 32.2 Å². The van der Waals surface area contributed by atoms with Crippen molar-refractivity contribution in [2.24, 2.45) is 5.73 Å². The highest BCUT2D eigenvalue weighted by atomic mass is 16.5. The van der Waals surface area contributed by atoms with Crippen LogP contribution in [0.1, 0.15) is 12.8 Å². The average Bonchev–Trinajstić information content (AvgIpc) is 2.54. The number of amides is 2. The molecule has 2 atom stereocenters. The molecule has 1 aliphatic heterocycles. The van der Waals surface area contributed by atoms with Crippen LogP contribution in [0.5, 0.6) is 0 Å². The van der Waals surface area contributed by atoms with E-state index in [9.17, 15) is 9.59 Å². The fourth-order valence-electron chi connectivity index (χ4n) is 2.75. The average molecular weight is 305 g/mol. The molecule has 0 spiro atoms. The number of anilines is 1. The van der Waals surface area contributed by atoms with Gasteiger partial charge in [-0.25, -0.2) is 4.98 Å². The SMILES string of the molecule is COCC(=O)N(C)C1CCN(c2cc[c]cn2)C(C(N)=O)C1. The Labute approximate surface area is 130 Å². The second-order valence-electron chi connectivity index (χ2n) is 5.34. The molecular weight excluding hydrogens is 284 g/mol. The number of methoxy groups -OCH3 is 1. The lowest BCUT2D eigenvalue weighted by atomic mass is 9.95. The Morgan fingerprint density at radius 2 is 2.36 bits per heavy atom. The second-order valence-corrected chi connectivity index (χ2v) is 5.34. The number of pyridine rings is 1. The summed E-state index contributed by atoms with van der Waals surface area (Å²) in [6.45, 7) is 0.647. The zero-order valence-corrected chi connectivity index (χ0v) is 12.9. The van der Waals surface area contributed by atoms with E-state index in [0.29, 0.717) is 18.8 Å². The fraction of sp³-hybridized carbons (Fsp3) is 0.533. The molecule has 1 radical (unpaired) electrons. The van der Waals surface area contributed by atoms with Crippen LogP contribution in [-0.2, 0) is 14.3 Å². The van der Waals surface area contributed by atoms with E-state index in [0.717, 1.165) is 6.42 Å². The topological polar surface area (TPSA) is 88.8 Å². The van der Waals surface area contributed by atoms with E-state index in [2.05, 4.69) is 11.1 Å². The van der Waals surface area contributed by atoms with Gasteiger partial charge in [0.05, 0.1) is 0 Å². The number of piperidine rings is 1. The Kier molecular flexibility index (Phi) is 5.32. The van der Waals surface area contributed by atoms with E-state index < -0.39 is 11.9 Å². The van der Waals surface area contributed by atoms with E-state index in [1.807, 2.05) is 4.90 Å². The summed E-state index contributed by atoms with van der Waals surface area (Å²) >= 11 is 0. The maximum atomic E-state index is 11.9. The lowest BCUT2D eigenvalue weighted by molar-refractivity contribution is -0.137. The number of primary amides is 1. The highest BCUT2D eigenvalue weighted by Gasteiger charge is 2.35. The van der Waals surface area contributed by atoms with Gasteiger partial charge in [0, 0.05) is 39.0 Å². The van der Waals surface area contributed by atoms with E-state index in [1.165, 1.54) is 7.11 Å². The Morgan fingerprint density at radius 1 is 1.59 bits per heavy atom. The van der Waals surface area contributed by atoms with Crippen molar-refractivity contribution < 1.29 is 14.3 Å². The molecule has 2 N–H and O–H groups in total. The summed E-state index contributed by atoms with van der Waals surface area (Å²) < 4.78 is 4.87. The smallest absolute Gasteiger partial charge is 0.248 e. The summed E-state index contributed by atoms with van der Waals surface area (Å²) in [5, 5.41) is 0. The van der Waals surface area contributed by atoms with Crippen LogP contribution in [0.2, 0.25) is 0 Å². The second kappa shape index (κ2) is 7.22. The summed E-state index contributed by atoms with van der Waals surface area (Å²) in [5.74, 6) is 0.190. The number of ether oxygens (including phenoxy) is 1. The molecule has 7 heteroatoms. The lowest BCUT2D eigenvalue weighted by Crippen LogP contribution is -2.55. The monoisotopic (exact) mass is 305 g/mol. The first-order chi connectivity index (χ1) is 10.5. The van der Waals surface area contributed by atoms with Crippen molar-refractivity contribution in [3.8, 4) is 0 Å². The number of rotatable bonds is 5. The van der Waals surface area contributed by atoms with Crippen molar-refractivity contribution in [1.29, 1.82) is 0 Å². The summed E-state index contributed by atoms with van der Waals surface area (Å²) in [7, 11) is 3.22. The van der Waals surface area contributed by atoms with Crippen molar-refractivity contribution in [1.82, 2.24) is 9.88 Å². The molecule has 119 valence electrons. The van der Waals surface area contributed by atoms with Gasteiger partial charge in [-0.05, 0) is 25.0 Å². The maximum absolute atomic E-state index is 11.9. The Bertz CT molecular complexity index is 523. The summed E-state index contributed by atoms with van der Waals surface area (Å²) in [4.78, 5) is 31.5. The molecule has 1 aromatic heterocycles. The van der Waals surface area contributed by atoms with Gasteiger partial charge in [0.2, 0.25) is 11.8 Å². The van der Waals surface area contributed by atoms with Crippen LogP contribution < -0.4 is 10.6 Å². The summed E-state index contributed by atoms with van der Waals surface area (Å²) in [6.07, 6.45) is 2.80. The van der Waals surface area contributed by atoms with Crippen molar-refractivity contribution in [3.63, 3.8) is 0 Å². The molecule has 2 unspecified atom stereocenters. The van der Waals surface area contributed by atoms with Gasteiger partial charge < -0.3 is 20.3 Å². The van der Waals surface area contributed by atoms with E-state index in [1.54, 1.807) is 30.3 Å². The van der Waals surface area contributed by atoms with E-state index in [-0.39, 0.29) is 18.6 Å². The summed E-state index contributed by atoms with van der Waals surface area (Å²) in [6, 6.07) is 5.89. The van der Waals surface area contributed by atoms with Crippen LogP contribution in [0, 0.1) is 6.07 Å². The number of hydrogen-bond acceptors (Lipinski definition) is 5. The number of aromatic nitrogens is 1. The third kappa shape index (κ3) is 3.54. The molecule has 2 heterocycles. The normalized spacial score (nSPS) is 21.5. The Balaban J connectivity index is 2.11. The zero-order valence-electron chi connectivity index (χ0n) is 12.9. The van der Waals surface area contributed by atoms with Crippen LogP contribution in [-0.4, -0.2) is 61.1 Å². The van der Waals surface area contributed by atoms with E-state index in [4.69, 9.17) is 10.5 Å². The predicted octanol–water partition coefficient (Wildman–Crippen LogP) is -0.191. The summed E-state index contributed by atoms with van der Waals surface area (Å²) in [5.41, 5.74) is 5.55. The molecule has 22 heavy (non-hydrogen) atoms. The van der Waals surface area contributed by atoms with Crippen molar-refractivity contribution in [3.05, 3.63) is 24.4 Å². The minimum absolute atomic E-state index is 0.0355. The third-order valence-corrected chi connectivity index (χ3v) is 4.01. The number of carbonyl (C=O) groups is 2. The van der Waals surface area contributed by atoms with Crippen LogP contribution in [0.3, 0.4) is 0 Å². The van der Waals surface area contributed by atoms with Gasteiger partial charge >= 0.3 is 0 Å². The Morgan fingerprint density at radius 3 is 2.95 bits per heavy atom. The highest BCUT2D eigenvalue weighted by Crippen LogP contribution is 2.25. The molecular formula is C15H21N4O3. The minimum Gasteiger partial charge on any atom is -0.375 e. The molecule has 1 aliphatic rings. The van der Waals surface area contributed by atoms with Gasteiger partial charge in [-0.3, -0.25) is 9.59 Å². The molecule has 1 saturated heterocycles. The molecule has 0 aliphatic carbocycles. The van der Waals surface area contributed by atoms with Crippen molar-refractivity contribution in [2.45, 2.75) is 24.9 Å². The molecule has 1 fully saturated rings. The van der Waals surface area contributed by atoms with Crippen molar-refractivity contribution >= 4 is 17.6 Å². The highest BCUT2D eigenvalue weighted by molar-refractivity contribution is 5.84. The van der Waals surface area contributed by atoms with Crippen LogP contribution in [0.15, 0.2) is 18.3 Å². The van der Waals surface area contributed by atoms with Gasteiger partial charge in [-0.15, -0.1) is 0 Å². The van der Waals surface area contributed by atoms with Gasteiger partial charge in [0.15, 0.2) is 0 Å². The van der Waals surface area contributed by atoms with Gasteiger partial charge in [0.25, 0.3) is 0 Å². The predicted molar refractivity (Wildman–Crippen MR) is 81.1 cm³/mol. The van der Waals surface area contributed by atoms with Gasteiger partial charge in [-0.2, -0.15) is 0 Å². The maximum Gasteiger partial charge on any atom is 0.248 e. The molecule has 0 bridgehead atoms. The number of likely N-dealkylation sites (N-methyl/N-ethyl adjacent to an activating group) is 1. The first-order valence-corrected chi connectivity index (χ1v) is 7.17. The number of nitrogens with zero attached hydrogens (tertiary/aromatic N) is 3. The third-order valence-electron chi connectivity index (χ3n) is 4.01. The quantitative estimate of drug-likeness (QED) is 0.814. The zero-order chi connectivity index (χ0) is 16.1. The molecule has 2 rings (SSSR count). The van der Waals surface area contributed by atoms with E-state index >= 15 is 0 Å². The number of nitrogens with two attached hydrogens (primary N) is 1. The van der Waals surface area contributed by atoms with Crippen LogP contribution in [0.4, 0.5) is 5.82 Å². The molecule has 0 aromatic carbocycles. The van der Waals surface area contributed by atoms with Crippen LogP contribution in [0.25, 0.3) is 0 Å².